The van der Waals surface area contributed by atoms with Gasteiger partial charge in [0.05, 0.1) is 44.4 Å². The summed E-state index contributed by atoms with van der Waals surface area (Å²) in [6.07, 6.45) is 1.76. The fourth-order valence-corrected chi connectivity index (χ4v) is 10.0. The number of phenols is 1. The molecule has 284 valence electrons. The number of halogens is 2. The molecule has 0 bridgehead atoms. The maximum absolute atomic E-state index is 15.4. The molecule has 1 saturated carbocycles. The highest BCUT2D eigenvalue weighted by Gasteiger charge is 2.70. The second-order valence-corrected chi connectivity index (χ2v) is 15.4. The van der Waals surface area contributed by atoms with Crippen molar-refractivity contribution in [3.8, 4) is 5.75 Å². The highest BCUT2D eigenvalue weighted by molar-refractivity contribution is 6.33. The number of nitrogens with zero attached hydrogens (tertiary/aromatic N) is 5. The molecule has 1 N–H and O–H groups in total. The molecule has 2 aliphatic heterocycles. The number of allylic oxidation sites excluding steroid dienone is 2. The number of anilines is 3. The summed E-state index contributed by atoms with van der Waals surface area (Å²) in [7, 11) is 2.81. The average Bonchev–Trinajstić information content (AvgIpc) is 3.55. The lowest BCUT2D eigenvalue weighted by Crippen LogP contribution is -2.53. The first-order chi connectivity index (χ1) is 26.7. The molecule has 4 aromatic carbocycles. The van der Waals surface area contributed by atoms with Crippen LogP contribution in [0.4, 0.5) is 28.4 Å². The zero-order valence-corrected chi connectivity index (χ0v) is 31.2. The Balaban J connectivity index is 1.33. The van der Waals surface area contributed by atoms with Crippen LogP contribution in [0.5, 0.6) is 5.75 Å². The number of fused-ring (bicyclic) bond motifs is 4. The molecular formula is C40H31Cl2N5O9. The molecule has 3 fully saturated rings. The van der Waals surface area contributed by atoms with Gasteiger partial charge in [0.2, 0.25) is 23.6 Å². The van der Waals surface area contributed by atoms with Crippen molar-refractivity contribution < 1.29 is 34.1 Å². The average molecular weight is 797 g/mol. The Morgan fingerprint density at radius 3 is 2.07 bits per heavy atom. The van der Waals surface area contributed by atoms with Crippen LogP contribution < -0.4 is 14.7 Å². The smallest absolute Gasteiger partial charge is 0.301 e. The van der Waals surface area contributed by atoms with Gasteiger partial charge in [-0.05, 0) is 60.2 Å². The largest absolute Gasteiger partial charge is 0.508 e. The summed E-state index contributed by atoms with van der Waals surface area (Å²) in [6.45, 7) is 0. The molecule has 0 unspecified atom stereocenters. The Morgan fingerprint density at radius 2 is 1.46 bits per heavy atom. The minimum atomic E-state index is -1.62. The SMILES string of the molecule is CN(C)c1c([N+](=O)[O-])cc(N2C(=O)[C@H]3[C@H](CC=C4[C@H]3C[C@H]3C(=O)N(c5cccc(Cl)c5)C(=O)[C@@]3(c3ccccc3)[C@H]4c3ccc(O)cc3Cl)C2=O)cc1[N+](=O)[O-]. The highest BCUT2D eigenvalue weighted by atomic mass is 35.5. The Morgan fingerprint density at radius 1 is 0.786 bits per heavy atom. The van der Waals surface area contributed by atoms with Crippen molar-refractivity contribution in [1.82, 2.24) is 0 Å². The predicted molar refractivity (Wildman–Crippen MR) is 206 cm³/mol. The number of rotatable bonds is 7. The van der Waals surface area contributed by atoms with E-state index in [2.05, 4.69) is 0 Å². The molecule has 14 nitrogen and oxygen atoms in total. The van der Waals surface area contributed by atoms with Gasteiger partial charge in [-0.3, -0.25) is 39.4 Å². The van der Waals surface area contributed by atoms with E-state index in [0.29, 0.717) is 21.7 Å². The summed E-state index contributed by atoms with van der Waals surface area (Å²) in [6, 6.07) is 21.4. The van der Waals surface area contributed by atoms with Gasteiger partial charge in [-0.1, -0.05) is 77.3 Å². The van der Waals surface area contributed by atoms with E-state index >= 15 is 4.79 Å². The van der Waals surface area contributed by atoms with E-state index in [9.17, 15) is 39.7 Å². The number of imide groups is 2. The molecule has 0 radical (unpaired) electrons. The number of carbonyl (C=O) groups excluding carboxylic acids is 4. The fourth-order valence-electron chi connectivity index (χ4n) is 9.55. The third-order valence-corrected chi connectivity index (χ3v) is 12.2. The maximum atomic E-state index is 15.4. The zero-order valence-electron chi connectivity index (χ0n) is 29.7. The second-order valence-electron chi connectivity index (χ2n) is 14.6. The summed E-state index contributed by atoms with van der Waals surface area (Å²) >= 11 is 13.3. The lowest BCUT2D eigenvalue weighted by molar-refractivity contribution is -0.392. The van der Waals surface area contributed by atoms with Crippen LogP contribution >= 0.6 is 23.2 Å². The van der Waals surface area contributed by atoms with Crippen molar-refractivity contribution in [3.05, 3.63) is 138 Å². The van der Waals surface area contributed by atoms with Gasteiger partial charge in [-0.2, -0.15) is 0 Å². The minimum absolute atomic E-state index is 0.0133. The summed E-state index contributed by atoms with van der Waals surface area (Å²) < 4.78 is 0. The van der Waals surface area contributed by atoms with Crippen molar-refractivity contribution in [1.29, 1.82) is 0 Å². The van der Waals surface area contributed by atoms with Gasteiger partial charge >= 0.3 is 11.4 Å². The molecule has 16 heteroatoms. The third kappa shape index (κ3) is 5.23. The van der Waals surface area contributed by atoms with Crippen molar-refractivity contribution in [3.63, 3.8) is 0 Å². The van der Waals surface area contributed by atoms with Crippen LogP contribution in [-0.4, -0.2) is 52.7 Å². The number of phenolic OH excluding ortho intramolecular Hbond substituents is 1. The highest BCUT2D eigenvalue weighted by Crippen LogP contribution is 2.65. The van der Waals surface area contributed by atoms with E-state index in [4.69, 9.17) is 23.2 Å². The number of nitro benzene ring substituents is 2. The van der Waals surface area contributed by atoms with Gasteiger partial charge in [0.1, 0.15) is 5.75 Å². The normalized spacial score (nSPS) is 25.4. The van der Waals surface area contributed by atoms with Crippen molar-refractivity contribution >= 4 is 75.3 Å². The number of benzene rings is 4. The molecule has 0 spiro atoms. The molecule has 4 amide bonds. The number of amides is 4. The first-order valence-corrected chi connectivity index (χ1v) is 18.3. The van der Waals surface area contributed by atoms with E-state index in [0.717, 1.165) is 21.9 Å². The summed E-state index contributed by atoms with van der Waals surface area (Å²) in [5.41, 5.74) is -1.86. The van der Waals surface area contributed by atoms with Crippen LogP contribution in [0, 0.1) is 43.9 Å². The quantitative estimate of drug-likeness (QED) is 0.0889. The van der Waals surface area contributed by atoms with Crippen LogP contribution in [0.15, 0.2) is 96.6 Å². The van der Waals surface area contributed by atoms with Crippen molar-refractivity contribution in [2.24, 2.45) is 23.7 Å². The minimum Gasteiger partial charge on any atom is -0.508 e. The molecule has 2 saturated heterocycles. The number of nitro groups is 2. The maximum Gasteiger partial charge on any atom is 0.301 e. The monoisotopic (exact) mass is 795 g/mol. The third-order valence-electron chi connectivity index (χ3n) is 11.6. The molecule has 8 rings (SSSR count). The predicted octanol–water partition coefficient (Wildman–Crippen LogP) is 6.95. The lowest BCUT2D eigenvalue weighted by atomic mass is 9.49. The van der Waals surface area contributed by atoms with E-state index in [-0.39, 0.29) is 40.7 Å². The zero-order chi connectivity index (χ0) is 40.0. The Hall–Kier alpha value is -6.12. The van der Waals surface area contributed by atoms with Gasteiger partial charge in [0.25, 0.3) is 0 Å². The molecule has 2 aliphatic carbocycles. The number of hydrogen-bond donors (Lipinski definition) is 1. The molecule has 56 heavy (non-hydrogen) atoms. The molecular weight excluding hydrogens is 765 g/mol. The molecule has 0 aromatic heterocycles. The van der Waals surface area contributed by atoms with Crippen LogP contribution in [-0.2, 0) is 24.6 Å². The van der Waals surface area contributed by atoms with Crippen LogP contribution in [0.25, 0.3) is 0 Å². The van der Waals surface area contributed by atoms with Crippen molar-refractivity contribution in [2.75, 3.05) is 28.8 Å². The van der Waals surface area contributed by atoms with E-state index in [1.807, 2.05) is 0 Å². The standard InChI is InChI=1S/C40H31Cl2N5O9/c1-43(2)35-31(46(53)54)16-23(17-32(35)47(55)56)44-36(49)27-14-13-25-28(33(27)38(44)51)19-29-37(50)45(22-10-6-9-21(41)15-22)39(52)40(29,20-7-4-3-5-8-20)34(25)26-12-11-24(48)18-30(26)42/h3-13,15-18,27-29,33-34,48H,14,19H2,1-2H3/t27-,28+,29-,33-,34+,40+/m0/s1. The number of carbonyl (C=O) groups is 4. The first-order valence-electron chi connectivity index (χ1n) is 17.6. The van der Waals surface area contributed by atoms with Gasteiger partial charge in [0, 0.05) is 42.2 Å². The summed E-state index contributed by atoms with van der Waals surface area (Å²) in [4.78, 5) is 85.2. The molecule has 4 aliphatic rings. The lowest BCUT2D eigenvalue weighted by Gasteiger charge is -2.51. The number of hydrogen-bond acceptors (Lipinski definition) is 10. The summed E-state index contributed by atoms with van der Waals surface area (Å²) in [5, 5.41) is 35.2. The van der Waals surface area contributed by atoms with Gasteiger partial charge < -0.3 is 10.0 Å². The second kappa shape index (κ2) is 13.3. The van der Waals surface area contributed by atoms with E-state index in [1.165, 1.54) is 37.2 Å². The Labute approximate surface area is 328 Å². The van der Waals surface area contributed by atoms with E-state index in [1.54, 1.807) is 60.7 Å². The molecule has 4 aromatic rings. The van der Waals surface area contributed by atoms with Gasteiger partial charge in [0.15, 0.2) is 5.69 Å². The van der Waals surface area contributed by atoms with Crippen LogP contribution in [0.3, 0.4) is 0 Å². The topological polar surface area (TPSA) is 185 Å². The van der Waals surface area contributed by atoms with E-state index < -0.39 is 79.9 Å². The first kappa shape index (κ1) is 36.8. The molecule has 6 atom stereocenters. The number of aromatic hydroxyl groups is 1. The van der Waals surface area contributed by atoms with Crippen LogP contribution in [0.2, 0.25) is 10.0 Å². The molecule has 2 heterocycles. The van der Waals surface area contributed by atoms with Gasteiger partial charge in [-0.25, -0.2) is 9.80 Å². The fraction of sp³-hybridized carbons (Fsp3) is 0.250. The van der Waals surface area contributed by atoms with Gasteiger partial charge in [-0.15, -0.1) is 0 Å². The Bertz CT molecular complexity index is 2420. The van der Waals surface area contributed by atoms with Crippen molar-refractivity contribution in [2.45, 2.75) is 24.2 Å². The van der Waals surface area contributed by atoms with Crippen LogP contribution in [0.1, 0.15) is 29.9 Å². The Kier molecular flexibility index (Phi) is 8.73. The summed E-state index contributed by atoms with van der Waals surface area (Å²) in [5.74, 6) is -7.70.